The summed E-state index contributed by atoms with van der Waals surface area (Å²) in [7, 11) is 0. The van der Waals surface area contributed by atoms with Gasteiger partial charge in [0.25, 0.3) is 5.91 Å². The molecule has 2 aromatic carbocycles. The van der Waals surface area contributed by atoms with E-state index in [0.29, 0.717) is 6.54 Å². The third-order valence-electron chi connectivity index (χ3n) is 4.56. The van der Waals surface area contributed by atoms with Crippen LogP contribution in [-0.4, -0.2) is 50.1 Å². The van der Waals surface area contributed by atoms with Gasteiger partial charge in [0.05, 0.1) is 0 Å². The van der Waals surface area contributed by atoms with Crippen molar-refractivity contribution in [2.24, 2.45) is 0 Å². The third-order valence-corrected chi connectivity index (χ3v) is 5.28. The van der Waals surface area contributed by atoms with E-state index in [1.54, 1.807) is 0 Å². The van der Waals surface area contributed by atoms with Gasteiger partial charge in [0.1, 0.15) is 0 Å². The highest BCUT2D eigenvalue weighted by molar-refractivity contribution is 14.1. The first-order valence-electron chi connectivity index (χ1n) is 8.69. The van der Waals surface area contributed by atoms with Crippen LogP contribution < -0.4 is 10.2 Å². The molecule has 4 nitrogen and oxygen atoms in total. The highest BCUT2D eigenvalue weighted by Crippen LogP contribution is 2.17. The molecule has 1 aliphatic heterocycles. The van der Waals surface area contributed by atoms with Gasteiger partial charge in [-0.05, 0) is 71.5 Å². The Morgan fingerprint density at radius 1 is 1.08 bits per heavy atom. The molecule has 0 radical (unpaired) electrons. The monoisotopic (exact) mass is 449 g/mol. The van der Waals surface area contributed by atoms with Gasteiger partial charge in [0, 0.05) is 54.1 Å². The first kappa shape index (κ1) is 18.2. The second kappa shape index (κ2) is 8.67. The van der Waals surface area contributed by atoms with E-state index in [1.807, 2.05) is 24.3 Å². The average Bonchev–Trinajstić information content (AvgIpc) is 2.63. The first-order valence-corrected chi connectivity index (χ1v) is 9.77. The van der Waals surface area contributed by atoms with Gasteiger partial charge in [0.2, 0.25) is 0 Å². The lowest BCUT2D eigenvalue weighted by atomic mass is 10.2. The molecule has 2 aromatic rings. The Morgan fingerprint density at radius 3 is 2.48 bits per heavy atom. The topological polar surface area (TPSA) is 35.6 Å². The minimum absolute atomic E-state index is 0.00907. The van der Waals surface area contributed by atoms with E-state index in [0.717, 1.165) is 41.9 Å². The summed E-state index contributed by atoms with van der Waals surface area (Å²) in [4.78, 5) is 17.0. The fraction of sp³-hybridized carbons (Fsp3) is 0.350. The van der Waals surface area contributed by atoms with Crippen molar-refractivity contribution in [1.82, 2.24) is 10.2 Å². The lowest BCUT2D eigenvalue weighted by Gasteiger charge is -2.36. The quantitative estimate of drug-likeness (QED) is 0.713. The molecule has 5 heteroatoms. The van der Waals surface area contributed by atoms with Gasteiger partial charge in [-0.25, -0.2) is 0 Å². The van der Waals surface area contributed by atoms with Crippen LogP contribution in [0.15, 0.2) is 48.5 Å². The standard InChI is InChI=1S/C20H24IN3O/c1-16-3-2-4-19(15-16)24-13-11-23(12-14-24)10-9-22-20(25)17-5-7-18(21)8-6-17/h2-8,15H,9-14H2,1H3,(H,22,25). The van der Waals surface area contributed by atoms with Crippen molar-refractivity contribution in [3.8, 4) is 0 Å². The molecule has 1 N–H and O–H groups in total. The summed E-state index contributed by atoms with van der Waals surface area (Å²) in [5.74, 6) is 0.00907. The predicted molar refractivity (Wildman–Crippen MR) is 111 cm³/mol. The van der Waals surface area contributed by atoms with E-state index in [2.05, 4.69) is 68.9 Å². The lowest BCUT2D eigenvalue weighted by molar-refractivity contribution is 0.0948. The summed E-state index contributed by atoms with van der Waals surface area (Å²) in [6.45, 7) is 7.87. The number of rotatable bonds is 5. The van der Waals surface area contributed by atoms with Crippen LogP contribution in [0, 0.1) is 10.5 Å². The Hall–Kier alpha value is -1.60. The van der Waals surface area contributed by atoms with Gasteiger partial charge in [-0.2, -0.15) is 0 Å². The van der Waals surface area contributed by atoms with Crippen molar-refractivity contribution in [3.05, 3.63) is 63.2 Å². The predicted octanol–water partition coefficient (Wildman–Crippen LogP) is 3.15. The summed E-state index contributed by atoms with van der Waals surface area (Å²) in [5.41, 5.74) is 3.34. The highest BCUT2D eigenvalue weighted by Gasteiger charge is 2.17. The summed E-state index contributed by atoms with van der Waals surface area (Å²) in [6.07, 6.45) is 0. The van der Waals surface area contributed by atoms with Crippen LogP contribution in [0.5, 0.6) is 0 Å². The van der Waals surface area contributed by atoms with Crippen molar-refractivity contribution in [2.45, 2.75) is 6.92 Å². The molecule has 0 aromatic heterocycles. The summed E-state index contributed by atoms with van der Waals surface area (Å²) in [5, 5.41) is 3.02. The summed E-state index contributed by atoms with van der Waals surface area (Å²) < 4.78 is 1.14. The number of hydrogen-bond acceptors (Lipinski definition) is 3. The van der Waals surface area contributed by atoms with E-state index in [1.165, 1.54) is 11.3 Å². The van der Waals surface area contributed by atoms with E-state index in [-0.39, 0.29) is 5.91 Å². The normalized spacial score (nSPS) is 15.2. The molecule has 1 aliphatic rings. The average molecular weight is 449 g/mol. The van der Waals surface area contributed by atoms with Gasteiger partial charge in [-0.1, -0.05) is 12.1 Å². The van der Waals surface area contributed by atoms with Gasteiger partial charge in [0.15, 0.2) is 0 Å². The second-order valence-electron chi connectivity index (χ2n) is 6.43. The number of carbonyl (C=O) groups excluding carboxylic acids is 1. The highest BCUT2D eigenvalue weighted by atomic mass is 127. The molecule has 25 heavy (non-hydrogen) atoms. The van der Waals surface area contributed by atoms with Crippen LogP contribution >= 0.6 is 22.6 Å². The Kier molecular flexibility index (Phi) is 6.31. The van der Waals surface area contributed by atoms with Crippen molar-refractivity contribution < 1.29 is 4.79 Å². The second-order valence-corrected chi connectivity index (χ2v) is 7.68. The lowest BCUT2D eigenvalue weighted by Crippen LogP contribution is -2.48. The van der Waals surface area contributed by atoms with Crippen LogP contribution in [0.2, 0.25) is 0 Å². The fourth-order valence-corrected chi connectivity index (χ4v) is 3.44. The SMILES string of the molecule is Cc1cccc(N2CCN(CCNC(=O)c3ccc(I)cc3)CC2)c1. The molecular formula is C20H24IN3O. The number of hydrogen-bond donors (Lipinski definition) is 1. The third kappa shape index (κ3) is 5.19. The van der Waals surface area contributed by atoms with Gasteiger partial charge < -0.3 is 10.2 Å². The van der Waals surface area contributed by atoms with Crippen LogP contribution in [0.25, 0.3) is 0 Å². The molecule has 1 saturated heterocycles. The molecule has 1 amide bonds. The van der Waals surface area contributed by atoms with Crippen LogP contribution in [0.4, 0.5) is 5.69 Å². The van der Waals surface area contributed by atoms with Crippen LogP contribution in [-0.2, 0) is 0 Å². The maximum Gasteiger partial charge on any atom is 0.251 e. The number of nitrogens with one attached hydrogen (secondary N) is 1. The number of halogens is 1. The molecule has 1 heterocycles. The largest absolute Gasteiger partial charge is 0.369 e. The van der Waals surface area contributed by atoms with Crippen molar-refractivity contribution in [2.75, 3.05) is 44.2 Å². The van der Waals surface area contributed by atoms with Gasteiger partial charge in [-0.15, -0.1) is 0 Å². The zero-order valence-corrected chi connectivity index (χ0v) is 16.7. The summed E-state index contributed by atoms with van der Waals surface area (Å²) >= 11 is 2.24. The first-order chi connectivity index (χ1) is 12.1. The van der Waals surface area contributed by atoms with Crippen molar-refractivity contribution in [3.63, 3.8) is 0 Å². The van der Waals surface area contributed by atoms with Crippen molar-refractivity contribution in [1.29, 1.82) is 0 Å². The number of benzene rings is 2. The Bertz CT molecular complexity index is 709. The molecule has 1 fully saturated rings. The number of aryl methyl sites for hydroxylation is 1. The number of anilines is 1. The zero-order chi connectivity index (χ0) is 17.6. The zero-order valence-electron chi connectivity index (χ0n) is 14.5. The van der Waals surface area contributed by atoms with Gasteiger partial charge >= 0.3 is 0 Å². The molecule has 0 bridgehead atoms. The van der Waals surface area contributed by atoms with E-state index in [9.17, 15) is 4.79 Å². The molecule has 0 unspecified atom stereocenters. The van der Waals surface area contributed by atoms with Crippen LogP contribution in [0.1, 0.15) is 15.9 Å². The Morgan fingerprint density at radius 2 is 1.80 bits per heavy atom. The van der Waals surface area contributed by atoms with Crippen molar-refractivity contribution >= 4 is 34.2 Å². The van der Waals surface area contributed by atoms with E-state index in [4.69, 9.17) is 0 Å². The van der Waals surface area contributed by atoms with E-state index >= 15 is 0 Å². The maximum absolute atomic E-state index is 12.1. The fourth-order valence-electron chi connectivity index (χ4n) is 3.09. The molecule has 0 saturated carbocycles. The maximum atomic E-state index is 12.1. The number of nitrogens with zero attached hydrogens (tertiary/aromatic N) is 2. The Labute approximate surface area is 163 Å². The molecule has 0 aliphatic carbocycles. The van der Waals surface area contributed by atoms with Gasteiger partial charge in [-0.3, -0.25) is 9.69 Å². The van der Waals surface area contributed by atoms with E-state index < -0.39 is 0 Å². The number of carbonyl (C=O) groups is 1. The minimum Gasteiger partial charge on any atom is -0.369 e. The molecule has 0 spiro atoms. The molecule has 132 valence electrons. The molecule has 3 rings (SSSR count). The minimum atomic E-state index is 0.00907. The van der Waals surface area contributed by atoms with Crippen LogP contribution in [0.3, 0.4) is 0 Å². The Balaban J connectivity index is 1.40. The molecular weight excluding hydrogens is 425 g/mol. The smallest absolute Gasteiger partial charge is 0.251 e. The summed E-state index contributed by atoms with van der Waals surface area (Å²) in [6, 6.07) is 16.4. The molecule has 0 atom stereocenters. The number of piperazine rings is 1. The number of amides is 1.